The quantitative estimate of drug-likeness (QED) is 0.165. The van der Waals surface area contributed by atoms with E-state index in [2.05, 4.69) is 229 Å². The van der Waals surface area contributed by atoms with E-state index in [1.807, 2.05) is 0 Å². The molecule has 0 radical (unpaired) electrons. The van der Waals surface area contributed by atoms with Gasteiger partial charge in [-0.3, -0.25) is 0 Å². The summed E-state index contributed by atoms with van der Waals surface area (Å²) in [5.74, 6) is 0. The van der Waals surface area contributed by atoms with Crippen LogP contribution in [0.4, 0.5) is 39.8 Å². The highest BCUT2D eigenvalue weighted by atomic mass is 16.3. The van der Waals surface area contributed by atoms with E-state index in [1.165, 1.54) is 62.0 Å². The molecule has 5 heterocycles. The molecule has 0 bridgehead atoms. The third-order valence-electron chi connectivity index (χ3n) is 21.4. The van der Waals surface area contributed by atoms with Crippen molar-refractivity contribution in [3.05, 3.63) is 155 Å². The lowest BCUT2D eigenvalue weighted by atomic mass is 9.33. The van der Waals surface area contributed by atoms with E-state index < -0.39 is 16.4 Å². The maximum Gasteiger partial charge on any atom is 0.252 e. The van der Waals surface area contributed by atoms with Gasteiger partial charge in [0.15, 0.2) is 0 Å². The fraction of sp³-hybridized carbons (Fsp3) is 0.432. The van der Waals surface area contributed by atoms with Crippen LogP contribution >= 0.6 is 0 Å². The second kappa shape index (κ2) is 16.3. The average molecular weight is 1050 g/mol. The molecule has 4 atom stereocenters. The van der Waals surface area contributed by atoms with Crippen LogP contribution in [0.2, 0.25) is 0 Å². The average Bonchev–Trinajstić information content (AvgIpc) is 1.80. The molecule has 8 aromatic rings. The van der Waals surface area contributed by atoms with Gasteiger partial charge in [0, 0.05) is 61.3 Å². The van der Waals surface area contributed by atoms with Crippen LogP contribution in [0.1, 0.15) is 200 Å². The molecule has 404 valence electrons. The highest BCUT2D eigenvalue weighted by Crippen LogP contribution is 2.65. The molecule has 5 heteroatoms. The van der Waals surface area contributed by atoms with Gasteiger partial charge in [-0.15, -0.1) is 0 Å². The minimum Gasteiger partial charge on any atom is -0.456 e. The fourth-order valence-electron chi connectivity index (χ4n) is 16.2. The lowest BCUT2D eigenvalue weighted by molar-refractivity contribution is 0.194. The molecule has 0 spiro atoms. The minimum atomic E-state index is -0.496. The van der Waals surface area contributed by atoms with Gasteiger partial charge >= 0.3 is 0 Å². The van der Waals surface area contributed by atoms with Gasteiger partial charge in [-0.25, -0.2) is 0 Å². The van der Waals surface area contributed by atoms with Crippen LogP contribution in [0.5, 0.6) is 0 Å². The number of fused-ring (bicyclic) bond motifs is 13. The maximum atomic E-state index is 10.4. The molecule has 2 aliphatic carbocycles. The largest absolute Gasteiger partial charge is 0.456 e. The van der Waals surface area contributed by atoms with Crippen molar-refractivity contribution in [3.8, 4) is 11.1 Å². The lowest BCUT2D eigenvalue weighted by Crippen LogP contribution is -2.64. The highest BCUT2D eigenvalue weighted by molar-refractivity contribution is 7.00. The van der Waals surface area contributed by atoms with Crippen molar-refractivity contribution in [2.45, 2.75) is 206 Å². The van der Waals surface area contributed by atoms with Crippen LogP contribution in [-0.4, -0.2) is 17.8 Å². The highest BCUT2D eigenvalue weighted by Gasteiger charge is 2.63. The van der Waals surface area contributed by atoms with E-state index in [1.54, 1.807) is 0 Å². The predicted octanol–water partition coefficient (Wildman–Crippen LogP) is 18.5. The molecule has 0 saturated heterocycles. The van der Waals surface area contributed by atoms with Crippen LogP contribution in [0, 0.1) is 0 Å². The summed E-state index contributed by atoms with van der Waals surface area (Å²) in [5.41, 5.74) is 20.7. The second-order valence-electron chi connectivity index (χ2n) is 30.2. The zero-order valence-electron chi connectivity index (χ0n) is 53.3. The van der Waals surface area contributed by atoms with E-state index in [4.69, 9.17) is 4.42 Å². The summed E-state index contributed by atoms with van der Waals surface area (Å²) in [6, 6.07) is 41.1. The van der Waals surface area contributed by atoms with Crippen LogP contribution in [0.3, 0.4) is 0 Å². The Labute approximate surface area is 477 Å². The fourth-order valence-corrected chi connectivity index (χ4v) is 16.2. The number of hydrogen-bond donors (Lipinski definition) is 0. The first-order valence-corrected chi connectivity index (χ1v) is 30.1. The summed E-state index contributed by atoms with van der Waals surface area (Å²) in [4.78, 5) is 8.03. The first-order valence-electron chi connectivity index (χ1n) is 31.6. The second-order valence-corrected chi connectivity index (χ2v) is 30.2. The van der Waals surface area contributed by atoms with Crippen molar-refractivity contribution < 1.29 is 8.53 Å². The van der Waals surface area contributed by atoms with Gasteiger partial charge in [-0.05, 0) is 171 Å². The standard InChI is InChI=1S/C74H84BN3O/c1-67(2,3)46-26-29-58(51(36-46)45-24-18-17-19-25-45)76-60-43-53-52-37-47(68(4,5)6)28-31-63(52)79-64(53)44-56(60)75-57-40-49(70(10,11)12)39-55-66(57)78(74(16)35-23-21-33-72(55,74)14)62-42-50(41-61(76)65(62)75)77-59-30-27-48(69(7,8)9)38-54(59)71(13)32-20-22-34-73(71,77)15/h17-19,24-31,36-44H,20-23,32-35H2,1-16H3/i27D,30D,38D. The Hall–Kier alpha value is -6.20. The maximum absolute atomic E-state index is 10.4. The van der Waals surface area contributed by atoms with Gasteiger partial charge in [-0.1, -0.05) is 189 Å². The smallest absolute Gasteiger partial charge is 0.252 e. The van der Waals surface area contributed by atoms with Gasteiger partial charge in [-0.2, -0.15) is 0 Å². The van der Waals surface area contributed by atoms with Crippen LogP contribution in [0.15, 0.2) is 126 Å². The third kappa shape index (κ3) is 6.92. The first kappa shape index (κ1) is 47.6. The monoisotopic (exact) mass is 1040 g/mol. The Morgan fingerprint density at radius 3 is 1.75 bits per heavy atom. The van der Waals surface area contributed by atoms with Crippen LogP contribution < -0.4 is 31.1 Å². The first-order chi connectivity index (χ1) is 38.4. The van der Waals surface area contributed by atoms with E-state index in [0.717, 1.165) is 106 Å². The molecule has 0 amide bonds. The van der Waals surface area contributed by atoms with Crippen molar-refractivity contribution in [1.82, 2.24) is 0 Å². The Bertz CT molecular complexity index is 4070. The Kier molecular flexibility index (Phi) is 9.80. The normalized spacial score (nSPS) is 24.7. The minimum absolute atomic E-state index is 0.0616. The number of rotatable bonds is 3. The van der Waals surface area contributed by atoms with Crippen molar-refractivity contribution >= 4 is 84.9 Å². The SMILES string of the molecule is [2H]c1c([2H])c(C(C)(C)C)c([2H])c2c1N(c1cc3c4c(c1)N1c5c(cc(C(C)(C)C)cc5C5(C)CCCCC15C)B4c1cc4oc5ccc(C(C)(C)C)cc5c4cc1N3c1ccc(C(C)(C)C)cc1-c1ccccc1)C1(C)CCCCC21C. The summed E-state index contributed by atoms with van der Waals surface area (Å²) in [6.45, 7) is 37.2. The molecule has 0 N–H and O–H groups in total. The molecule has 14 rings (SSSR count). The van der Waals surface area contributed by atoms with Gasteiger partial charge < -0.3 is 19.1 Å². The number of hydrogen-bond acceptors (Lipinski definition) is 4. The number of furan rings is 1. The summed E-state index contributed by atoms with van der Waals surface area (Å²) >= 11 is 0. The van der Waals surface area contributed by atoms with E-state index in [-0.39, 0.29) is 46.0 Å². The third-order valence-corrected chi connectivity index (χ3v) is 21.4. The summed E-state index contributed by atoms with van der Waals surface area (Å²) in [7, 11) is 0. The molecular weight excluding hydrogens is 958 g/mol. The molecule has 79 heavy (non-hydrogen) atoms. The van der Waals surface area contributed by atoms with E-state index in [9.17, 15) is 4.11 Å². The Morgan fingerprint density at radius 2 is 1.08 bits per heavy atom. The number of nitrogens with zero attached hydrogens (tertiary/aromatic N) is 3. The Balaban J connectivity index is 1.18. The molecule has 6 aliphatic rings. The predicted molar refractivity (Wildman–Crippen MR) is 339 cm³/mol. The van der Waals surface area contributed by atoms with Gasteiger partial charge in [0.25, 0.3) is 6.71 Å². The summed E-state index contributed by atoms with van der Waals surface area (Å²) < 4.78 is 37.7. The number of anilines is 7. The van der Waals surface area contributed by atoms with Crippen molar-refractivity contribution in [2.75, 3.05) is 14.7 Å². The Morgan fingerprint density at radius 1 is 0.481 bits per heavy atom. The summed E-state index contributed by atoms with van der Waals surface area (Å²) in [5, 5.41) is 2.23. The lowest BCUT2D eigenvalue weighted by Gasteiger charge is -2.54. The zero-order chi connectivity index (χ0) is 58.1. The molecule has 1 aromatic heterocycles. The van der Waals surface area contributed by atoms with E-state index >= 15 is 0 Å². The summed E-state index contributed by atoms with van der Waals surface area (Å²) in [6.07, 6.45) is 8.46. The van der Waals surface area contributed by atoms with Crippen molar-refractivity contribution in [1.29, 1.82) is 0 Å². The van der Waals surface area contributed by atoms with Gasteiger partial charge in [0.1, 0.15) is 11.2 Å². The van der Waals surface area contributed by atoms with Gasteiger partial charge in [0.2, 0.25) is 0 Å². The topological polar surface area (TPSA) is 22.9 Å². The van der Waals surface area contributed by atoms with Crippen LogP contribution in [-0.2, 0) is 32.5 Å². The van der Waals surface area contributed by atoms with Crippen molar-refractivity contribution in [3.63, 3.8) is 0 Å². The molecule has 4 nitrogen and oxygen atoms in total. The molecule has 2 saturated carbocycles. The molecule has 2 fully saturated rings. The molecular formula is C74H84BN3O. The molecule has 4 unspecified atom stereocenters. The van der Waals surface area contributed by atoms with Crippen LogP contribution in [0.25, 0.3) is 33.1 Å². The number of benzene rings is 7. The molecule has 7 aromatic carbocycles. The van der Waals surface area contributed by atoms with Gasteiger partial charge in [0.05, 0.1) is 20.9 Å². The molecule has 4 aliphatic heterocycles. The van der Waals surface area contributed by atoms with Crippen molar-refractivity contribution in [2.24, 2.45) is 0 Å². The van der Waals surface area contributed by atoms with E-state index in [0.29, 0.717) is 11.6 Å². The zero-order valence-corrected chi connectivity index (χ0v) is 50.3.